The molecule has 1 aromatic rings. The van der Waals surface area contributed by atoms with Gasteiger partial charge in [-0.3, -0.25) is 4.99 Å². The Labute approximate surface area is 159 Å². The number of benzene rings is 1. The minimum absolute atomic E-state index is 0. The Bertz CT molecular complexity index is 544. The number of nitrogens with one attached hydrogen (secondary N) is 2. The van der Waals surface area contributed by atoms with Crippen molar-refractivity contribution < 1.29 is 18.6 Å². The van der Waals surface area contributed by atoms with Gasteiger partial charge in [-0.25, -0.2) is 4.39 Å². The molecule has 0 unspecified atom stereocenters. The molecule has 0 saturated heterocycles. The number of halogens is 2. The molecule has 2 N–H and O–H groups in total. The summed E-state index contributed by atoms with van der Waals surface area (Å²) in [5.41, 5.74) is 1.60. The minimum Gasteiger partial charge on any atom is -0.467 e. The van der Waals surface area contributed by atoms with Gasteiger partial charge in [0.2, 0.25) is 0 Å². The quantitative estimate of drug-likeness (QED) is 0.287. The summed E-state index contributed by atoms with van der Waals surface area (Å²) in [6, 6.07) is 2.97. The van der Waals surface area contributed by atoms with Crippen molar-refractivity contribution in [3.63, 3.8) is 0 Å². The summed E-state index contributed by atoms with van der Waals surface area (Å²) < 4.78 is 29.4. The molecule has 1 aliphatic rings. The first-order chi connectivity index (χ1) is 11.2. The normalized spacial score (nSPS) is 13.5. The van der Waals surface area contributed by atoms with Crippen molar-refractivity contribution in [2.24, 2.45) is 4.99 Å². The maximum atomic E-state index is 13.7. The van der Waals surface area contributed by atoms with Crippen molar-refractivity contribution in [3.05, 3.63) is 29.1 Å². The van der Waals surface area contributed by atoms with E-state index in [2.05, 4.69) is 15.6 Å². The number of hydrogen-bond donors (Lipinski definition) is 2. The van der Waals surface area contributed by atoms with Crippen LogP contribution in [-0.4, -0.2) is 46.6 Å². The molecule has 1 heterocycles. The Morgan fingerprint density at radius 1 is 1.33 bits per heavy atom. The van der Waals surface area contributed by atoms with E-state index in [0.717, 1.165) is 35.8 Å². The van der Waals surface area contributed by atoms with Crippen molar-refractivity contribution in [2.45, 2.75) is 19.4 Å². The summed E-state index contributed by atoms with van der Waals surface area (Å²) in [4.78, 5) is 4.15. The number of hydrogen-bond acceptors (Lipinski definition) is 4. The first-order valence-corrected chi connectivity index (χ1v) is 7.70. The third kappa shape index (κ3) is 6.40. The van der Waals surface area contributed by atoms with Gasteiger partial charge in [-0.05, 0) is 30.5 Å². The van der Waals surface area contributed by atoms with E-state index in [1.165, 1.54) is 12.1 Å². The number of fused-ring (bicyclic) bond motifs is 1. The first-order valence-electron chi connectivity index (χ1n) is 7.70. The fourth-order valence-electron chi connectivity index (χ4n) is 2.40. The lowest BCUT2D eigenvalue weighted by Gasteiger charge is -2.21. The third-order valence-electron chi connectivity index (χ3n) is 3.48. The second kappa shape index (κ2) is 11.4. The molecule has 136 valence electrons. The van der Waals surface area contributed by atoms with Gasteiger partial charge in [0.25, 0.3) is 0 Å². The fourth-order valence-corrected chi connectivity index (χ4v) is 2.40. The monoisotopic (exact) mass is 453 g/mol. The fraction of sp³-hybridized carbons (Fsp3) is 0.562. The maximum Gasteiger partial charge on any atom is 0.190 e. The van der Waals surface area contributed by atoms with Gasteiger partial charge in [0.05, 0.1) is 6.61 Å². The van der Waals surface area contributed by atoms with E-state index >= 15 is 0 Å². The van der Waals surface area contributed by atoms with Crippen molar-refractivity contribution in [2.75, 3.05) is 40.6 Å². The van der Waals surface area contributed by atoms with E-state index in [1.807, 2.05) is 0 Å². The van der Waals surface area contributed by atoms with Crippen LogP contribution < -0.4 is 15.4 Å². The maximum absolute atomic E-state index is 13.7. The van der Waals surface area contributed by atoms with E-state index < -0.39 is 0 Å². The van der Waals surface area contributed by atoms with Crippen LogP contribution in [0.5, 0.6) is 5.75 Å². The molecule has 0 fully saturated rings. The van der Waals surface area contributed by atoms with E-state index in [9.17, 15) is 4.39 Å². The Morgan fingerprint density at radius 2 is 2.12 bits per heavy atom. The van der Waals surface area contributed by atoms with Crippen LogP contribution in [0.25, 0.3) is 0 Å². The van der Waals surface area contributed by atoms with Crippen molar-refractivity contribution in [1.29, 1.82) is 0 Å². The molecule has 0 radical (unpaired) electrons. The zero-order valence-electron chi connectivity index (χ0n) is 14.1. The smallest absolute Gasteiger partial charge is 0.190 e. The van der Waals surface area contributed by atoms with Crippen LogP contribution in [0, 0.1) is 5.82 Å². The molecule has 0 bridgehead atoms. The first kappa shape index (κ1) is 20.9. The molecule has 1 aromatic carbocycles. The Balaban J connectivity index is 0.00000288. The summed E-state index contributed by atoms with van der Waals surface area (Å²) in [5, 5.41) is 6.41. The third-order valence-corrected chi connectivity index (χ3v) is 3.48. The Kier molecular flexibility index (Phi) is 9.96. The zero-order valence-corrected chi connectivity index (χ0v) is 16.4. The largest absolute Gasteiger partial charge is 0.467 e. The van der Waals surface area contributed by atoms with Gasteiger partial charge in [0, 0.05) is 39.4 Å². The summed E-state index contributed by atoms with van der Waals surface area (Å²) in [7, 11) is 3.40. The molecule has 6 nitrogen and oxygen atoms in total. The number of rotatable bonds is 7. The predicted molar refractivity (Wildman–Crippen MR) is 102 cm³/mol. The average Bonchev–Trinajstić information content (AvgIpc) is 2.56. The van der Waals surface area contributed by atoms with Gasteiger partial charge in [-0.1, -0.05) is 0 Å². The minimum atomic E-state index is -0.269. The second-order valence-corrected chi connectivity index (χ2v) is 5.19. The van der Waals surface area contributed by atoms with E-state index in [0.29, 0.717) is 26.2 Å². The Hall–Kier alpha value is -1.13. The van der Waals surface area contributed by atoms with Gasteiger partial charge in [-0.2, -0.15) is 0 Å². The molecule has 0 spiro atoms. The molecule has 0 amide bonds. The van der Waals surface area contributed by atoms with E-state index in [1.54, 1.807) is 14.2 Å². The second-order valence-electron chi connectivity index (χ2n) is 5.19. The topological polar surface area (TPSA) is 64.1 Å². The van der Waals surface area contributed by atoms with Gasteiger partial charge in [0.15, 0.2) is 12.8 Å². The Morgan fingerprint density at radius 3 is 2.88 bits per heavy atom. The van der Waals surface area contributed by atoms with Crippen LogP contribution in [0.15, 0.2) is 17.1 Å². The number of methoxy groups -OCH3 is 1. The van der Waals surface area contributed by atoms with Crippen molar-refractivity contribution in [3.8, 4) is 5.75 Å². The molecule has 0 atom stereocenters. The lowest BCUT2D eigenvalue weighted by Crippen LogP contribution is -2.39. The van der Waals surface area contributed by atoms with Crippen LogP contribution in [0.1, 0.15) is 17.5 Å². The molecular formula is C16H25FIN3O3. The molecular weight excluding hydrogens is 428 g/mol. The van der Waals surface area contributed by atoms with Gasteiger partial charge < -0.3 is 24.8 Å². The van der Waals surface area contributed by atoms with Crippen LogP contribution >= 0.6 is 24.0 Å². The van der Waals surface area contributed by atoms with E-state index in [4.69, 9.17) is 14.2 Å². The number of aliphatic imine (C=N–C) groups is 1. The highest BCUT2D eigenvalue weighted by molar-refractivity contribution is 14.0. The van der Waals surface area contributed by atoms with Crippen LogP contribution in [0.3, 0.4) is 0 Å². The number of guanidine groups is 1. The number of ether oxygens (including phenoxy) is 3. The molecule has 8 heteroatoms. The molecule has 0 aromatic heterocycles. The van der Waals surface area contributed by atoms with Gasteiger partial charge in [-0.15, -0.1) is 24.0 Å². The van der Waals surface area contributed by atoms with Crippen LogP contribution in [0.2, 0.25) is 0 Å². The summed E-state index contributed by atoms with van der Waals surface area (Å²) in [6.07, 6.45) is 1.54. The molecule has 0 saturated carbocycles. The van der Waals surface area contributed by atoms with Gasteiger partial charge >= 0.3 is 0 Å². The summed E-state index contributed by atoms with van der Waals surface area (Å²) in [5.74, 6) is 1.19. The highest BCUT2D eigenvalue weighted by atomic mass is 127. The highest BCUT2D eigenvalue weighted by Crippen LogP contribution is 2.29. The standard InChI is InChI=1S/C16H24FN3O3.HI/c1-18-16(19-5-3-7-21-2)20-6-4-12-8-14(17)9-13-10-22-11-23-15(12)13;/h8-9H,3-7,10-11H2,1-2H3,(H2,18,19,20);1H. The van der Waals surface area contributed by atoms with Gasteiger partial charge in [0.1, 0.15) is 11.6 Å². The summed E-state index contributed by atoms with van der Waals surface area (Å²) >= 11 is 0. The van der Waals surface area contributed by atoms with Crippen molar-refractivity contribution >= 4 is 29.9 Å². The molecule has 0 aliphatic carbocycles. The van der Waals surface area contributed by atoms with Crippen LogP contribution in [-0.2, 0) is 22.5 Å². The molecule has 2 rings (SSSR count). The number of nitrogens with zero attached hydrogens (tertiary/aromatic N) is 1. The molecule has 24 heavy (non-hydrogen) atoms. The van der Waals surface area contributed by atoms with Crippen molar-refractivity contribution in [1.82, 2.24) is 10.6 Å². The summed E-state index contributed by atoms with van der Waals surface area (Å²) in [6.45, 7) is 2.71. The zero-order chi connectivity index (χ0) is 16.5. The lowest BCUT2D eigenvalue weighted by molar-refractivity contribution is -0.0172. The predicted octanol–water partition coefficient (Wildman–Crippen LogP) is 2.05. The highest BCUT2D eigenvalue weighted by Gasteiger charge is 2.16. The SMILES string of the molecule is CN=C(NCCCOC)NCCc1cc(F)cc2c1OCOC2.I. The average molecular weight is 453 g/mol. The van der Waals surface area contributed by atoms with Crippen LogP contribution in [0.4, 0.5) is 4.39 Å². The van der Waals surface area contributed by atoms with E-state index in [-0.39, 0.29) is 36.6 Å². The lowest BCUT2D eigenvalue weighted by atomic mass is 10.1. The molecule has 1 aliphatic heterocycles.